The van der Waals surface area contributed by atoms with Crippen molar-refractivity contribution >= 4 is 23.2 Å². The van der Waals surface area contributed by atoms with Crippen molar-refractivity contribution < 1.29 is 9.59 Å². The third kappa shape index (κ3) is 3.61. The average Bonchev–Trinajstić information content (AvgIpc) is 3.15. The molecule has 2 aromatic carbocycles. The van der Waals surface area contributed by atoms with Crippen LogP contribution in [0.15, 0.2) is 54.6 Å². The van der Waals surface area contributed by atoms with Crippen LogP contribution in [0.4, 0.5) is 11.4 Å². The first-order chi connectivity index (χ1) is 13.7. The topological polar surface area (TPSA) is 43.9 Å². The predicted molar refractivity (Wildman–Crippen MR) is 112 cm³/mol. The highest BCUT2D eigenvalue weighted by Gasteiger charge is 2.38. The van der Waals surface area contributed by atoms with Crippen LogP contribution in [0.25, 0.3) is 0 Å². The number of amides is 2. The minimum absolute atomic E-state index is 0.0576. The number of nitrogens with zero attached hydrogens (tertiary/aromatic N) is 3. The molecular formula is C23H27N3O2. The maximum Gasteiger partial charge on any atom is 0.228 e. The molecule has 0 aliphatic carbocycles. The zero-order chi connectivity index (χ0) is 19.5. The number of piperazine rings is 1. The van der Waals surface area contributed by atoms with Crippen LogP contribution in [-0.2, 0) is 16.0 Å². The largest absolute Gasteiger partial charge is 0.368 e. The first-order valence-electron chi connectivity index (χ1n) is 10.1. The van der Waals surface area contributed by atoms with Gasteiger partial charge in [-0.05, 0) is 30.2 Å². The monoisotopic (exact) mass is 377 g/mol. The van der Waals surface area contributed by atoms with Gasteiger partial charge in [0.25, 0.3) is 0 Å². The summed E-state index contributed by atoms with van der Waals surface area (Å²) >= 11 is 0. The first-order valence-corrected chi connectivity index (χ1v) is 10.1. The van der Waals surface area contributed by atoms with Gasteiger partial charge in [-0.1, -0.05) is 43.3 Å². The molecule has 4 rings (SSSR count). The zero-order valence-electron chi connectivity index (χ0n) is 16.4. The number of rotatable bonds is 4. The number of carbonyl (C=O) groups excluding carboxylic acids is 2. The Kier molecular flexibility index (Phi) is 5.33. The molecule has 2 aliphatic rings. The van der Waals surface area contributed by atoms with Crippen molar-refractivity contribution in [3.63, 3.8) is 0 Å². The molecule has 2 fully saturated rings. The highest BCUT2D eigenvalue weighted by Crippen LogP contribution is 2.29. The lowest BCUT2D eigenvalue weighted by molar-refractivity contribution is -0.136. The molecule has 5 nitrogen and oxygen atoms in total. The van der Waals surface area contributed by atoms with Gasteiger partial charge in [0, 0.05) is 50.5 Å². The fourth-order valence-electron chi connectivity index (χ4n) is 4.26. The van der Waals surface area contributed by atoms with Gasteiger partial charge in [-0.2, -0.15) is 0 Å². The quantitative estimate of drug-likeness (QED) is 0.823. The van der Waals surface area contributed by atoms with E-state index in [-0.39, 0.29) is 17.7 Å². The predicted octanol–water partition coefficient (Wildman–Crippen LogP) is 2.95. The van der Waals surface area contributed by atoms with Crippen molar-refractivity contribution in [1.29, 1.82) is 0 Å². The number of hydrogen-bond acceptors (Lipinski definition) is 3. The van der Waals surface area contributed by atoms with Crippen molar-refractivity contribution in [2.45, 2.75) is 19.8 Å². The number of anilines is 2. The van der Waals surface area contributed by atoms with Crippen LogP contribution < -0.4 is 9.80 Å². The Morgan fingerprint density at radius 2 is 1.64 bits per heavy atom. The summed E-state index contributed by atoms with van der Waals surface area (Å²) in [6.45, 7) is 5.67. The van der Waals surface area contributed by atoms with E-state index < -0.39 is 0 Å². The van der Waals surface area contributed by atoms with E-state index in [1.807, 2.05) is 46.2 Å². The number of carbonyl (C=O) groups is 2. The molecule has 146 valence electrons. The average molecular weight is 377 g/mol. The lowest BCUT2D eigenvalue weighted by Crippen LogP contribution is -2.50. The molecule has 0 saturated carbocycles. The Bertz CT molecular complexity index is 844. The van der Waals surface area contributed by atoms with Crippen molar-refractivity contribution in [3.05, 3.63) is 60.2 Å². The van der Waals surface area contributed by atoms with Crippen LogP contribution in [-0.4, -0.2) is 49.4 Å². The standard InChI is InChI=1S/C23H27N3O2/c1-2-18-8-6-7-11-21(18)26-17-19(16-22(26)27)23(28)25-14-12-24(13-15-25)20-9-4-3-5-10-20/h3-11,19H,2,12-17H2,1H3/t19-/m0/s1. The molecular weight excluding hydrogens is 350 g/mol. The van der Waals surface area contributed by atoms with Gasteiger partial charge in [0.05, 0.1) is 5.92 Å². The molecule has 2 heterocycles. The molecule has 0 radical (unpaired) electrons. The molecule has 2 aliphatic heterocycles. The number of hydrogen-bond donors (Lipinski definition) is 0. The fraction of sp³-hybridized carbons (Fsp3) is 0.391. The Balaban J connectivity index is 1.39. The van der Waals surface area contributed by atoms with E-state index in [1.165, 1.54) is 5.69 Å². The van der Waals surface area contributed by atoms with Gasteiger partial charge in [0.15, 0.2) is 0 Å². The summed E-state index contributed by atoms with van der Waals surface area (Å²) in [4.78, 5) is 31.7. The molecule has 0 unspecified atom stereocenters. The van der Waals surface area contributed by atoms with E-state index in [4.69, 9.17) is 0 Å². The van der Waals surface area contributed by atoms with Gasteiger partial charge in [-0.15, -0.1) is 0 Å². The van der Waals surface area contributed by atoms with Crippen LogP contribution in [0.2, 0.25) is 0 Å². The van der Waals surface area contributed by atoms with Gasteiger partial charge < -0.3 is 14.7 Å². The molecule has 1 atom stereocenters. The van der Waals surface area contributed by atoms with E-state index in [2.05, 4.69) is 30.0 Å². The molecule has 0 bridgehead atoms. The summed E-state index contributed by atoms with van der Waals surface area (Å²) in [6, 6.07) is 18.3. The van der Waals surface area contributed by atoms with Crippen molar-refractivity contribution in [2.75, 3.05) is 42.5 Å². The van der Waals surface area contributed by atoms with Gasteiger partial charge in [-0.3, -0.25) is 9.59 Å². The third-order valence-electron chi connectivity index (χ3n) is 5.85. The summed E-state index contributed by atoms with van der Waals surface area (Å²) in [5.41, 5.74) is 3.31. The zero-order valence-corrected chi connectivity index (χ0v) is 16.4. The van der Waals surface area contributed by atoms with Crippen molar-refractivity contribution in [1.82, 2.24) is 4.90 Å². The summed E-state index contributed by atoms with van der Waals surface area (Å²) in [5, 5.41) is 0. The number of benzene rings is 2. The number of para-hydroxylation sites is 2. The minimum atomic E-state index is -0.235. The summed E-state index contributed by atoms with van der Waals surface area (Å²) < 4.78 is 0. The van der Waals surface area contributed by atoms with Gasteiger partial charge in [-0.25, -0.2) is 0 Å². The minimum Gasteiger partial charge on any atom is -0.368 e. The highest BCUT2D eigenvalue weighted by molar-refractivity contribution is 6.00. The van der Waals surface area contributed by atoms with Crippen LogP contribution in [0.1, 0.15) is 18.9 Å². The van der Waals surface area contributed by atoms with Crippen LogP contribution in [0.3, 0.4) is 0 Å². The van der Waals surface area contributed by atoms with E-state index in [0.29, 0.717) is 26.1 Å². The molecule has 0 aromatic heterocycles. The lowest BCUT2D eigenvalue weighted by atomic mass is 10.1. The van der Waals surface area contributed by atoms with E-state index >= 15 is 0 Å². The van der Waals surface area contributed by atoms with Gasteiger partial charge >= 0.3 is 0 Å². The second-order valence-corrected chi connectivity index (χ2v) is 7.54. The van der Waals surface area contributed by atoms with Crippen molar-refractivity contribution in [2.24, 2.45) is 5.92 Å². The molecule has 28 heavy (non-hydrogen) atoms. The SMILES string of the molecule is CCc1ccccc1N1C[C@@H](C(=O)N2CCN(c3ccccc3)CC2)CC1=O. The Hall–Kier alpha value is -2.82. The maximum atomic E-state index is 13.0. The van der Waals surface area contributed by atoms with Crippen LogP contribution >= 0.6 is 0 Å². The molecule has 0 N–H and O–H groups in total. The lowest BCUT2D eigenvalue weighted by Gasteiger charge is -2.37. The van der Waals surface area contributed by atoms with Crippen LogP contribution in [0, 0.1) is 5.92 Å². The Morgan fingerprint density at radius 1 is 0.964 bits per heavy atom. The molecule has 2 amide bonds. The summed E-state index contributed by atoms with van der Waals surface area (Å²) in [7, 11) is 0. The molecule has 2 aromatic rings. The smallest absolute Gasteiger partial charge is 0.228 e. The highest BCUT2D eigenvalue weighted by atomic mass is 16.2. The van der Waals surface area contributed by atoms with Crippen LogP contribution in [0.5, 0.6) is 0 Å². The van der Waals surface area contributed by atoms with Gasteiger partial charge in [0.1, 0.15) is 0 Å². The van der Waals surface area contributed by atoms with E-state index in [9.17, 15) is 9.59 Å². The molecule has 5 heteroatoms. The second kappa shape index (κ2) is 8.05. The summed E-state index contributed by atoms with van der Waals surface area (Å²) in [5.74, 6) is -0.0552. The molecule has 0 spiro atoms. The Morgan fingerprint density at radius 3 is 2.36 bits per heavy atom. The maximum absolute atomic E-state index is 13.0. The first kappa shape index (κ1) is 18.5. The third-order valence-corrected chi connectivity index (χ3v) is 5.85. The normalized spacial score (nSPS) is 20.0. The Labute approximate surface area is 166 Å². The molecule has 2 saturated heterocycles. The van der Waals surface area contributed by atoms with Crippen molar-refractivity contribution in [3.8, 4) is 0 Å². The fourth-order valence-corrected chi connectivity index (χ4v) is 4.26. The van der Waals surface area contributed by atoms with E-state index in [0.717, 1.165) is 30.8 Å². The summed E-state index contributed by atoms with van der Waals surface area (Å²) in [6.07, 6.45) is 1.19. The van der Waals surface area contributed by atoms with E-state index in [1.54, 1.807) is 0 Å². The second-order valence-electron chi connectivity index (χ2n) is 7.54. The van der Waals surface area contributed by atoms with Gasteiger partial charge in [0.2, 0.25) is 11.8 Å². The number of aryl methyl sites for hydroxylation is 1.